The number of hydrogen-bond donors (Lipinski definition) is 0. The van der Waals surface area contributed by atoms with Crippen LogP contribution in [0.4, 0.5) is 0 Å². The van der Waals surface area contributed by atoms with E-state index < -0.39 is 6.10 Å². The van der Waals surface area contributed by atoms with Gasteiger partial charge in [0.15, 0.2) is 6.10 Å². The van der Waals surface area contributed by atoms with Crippen molar-refractivity contribution in [1.82, 2.24) is 0 Å². The van der Waals surface area contributed by atoms with Crippen molar-refractivity contribution < 1.29 is 28.6 Å². The summed E-state index contributed by atoms with van der Waals surface area (Å²) >= 11 is 0. The molecule has 0 heterocycles. The monoisotopic (exact) mass is 939 g/mol. The van der Waals surface area contributed by atoms with E-state index >= 15 is 0 Å². The maximum atomic E-state index is 12.9. The van der Waals surface area contributed by atoms with E-state index in [0.717, 1.165) is 89.9 Å². The van der Waals surface area contributed by atoms with Gasteiger partial charge in [0.1, 0.15) is 13.2 Å². The molecule has 0 aliphatic carbocycles. The molecule has 0 aromatic heterocycles. The maximum Gasteiger partial charge on any atom is 0.306 e. The Morgan fingerprint density at radius 2 is 0.597 bits per heavy atom. The number of ether oxygens (including phenoxy) is 3. The summed E-state index contributed by atoms with van der Waals surface area (Å²) in [6, 6.07) is 0. The molecular formula is C61H110O6. The Bertz CT molecular complexity index is 1170. The molecule has 390 valence electrons. The van der Waals surface area contributed by atoms with E-state index in [-0.39, 0.29) is 31.1 Å². The van der Waals surface area contributed by atoms with Gasteiger partial charge >= 0.3 is 17.9 Å². The highest BCUT2D eigenvalue weighted by Crippen LogP contribution is 2.17. The molecule has 0 aliphatic rings. The number of rotatable bonds is 53. The molecule has 1 unspecified atom stereocenters. The molecule has 0 rings (SSSR count). The van der Waals surface area contributed by atoms with Crippen LogP contribution in [0, 0.1) is 0 Å². The summed E-state index contributed by atoms with van der Waals surface area (Å²) in [5.41, 5.74) is 0. The molecule has 0 aromatic rings. The van der Waals surface area contributed by atoms with Gasteiger partial charge in [-0.2, -0.15) is 0 Å². The normalized spacial score (nSPS) is 12.3. The topological polar surface area (TPSA) is 78.9 Å². The fourth-order valence-electron chi connectivity index (χ4n) is 8.50. The molecule has 0 saturated carbocycles. The zero-order valence-corrected chi connectivity index (χ0v) is 44.7. The number of unbranched alkanes of at least 4 members (excludes halogenated alkanes) is 36. The van der Waals surface area contributed by atoms with Gasteiger partial charge in [0, 0.05) is 19.3 Å². The van der Waals surface area contributed by atoms with Crippen molar-refractivity contribution in [3.8, 4) is 0 Å². The Balaban J connectivity index is 4.35. The fourth-order valence-corrected chi connectivity index (χ4v) is 8.50. The van der Waals surface area contributed by atoms with Crippen LogP contribution in [0.1, 0.15) is 303 Å². The molecule has 0 spiro atoms. The van der Waals surface area contributed by atoms with Crippen molar-refractivity contribution in [2.75, 3.05) is 13.2 Å². The second-order valence-electron chi connectivity index (χ2n) is 19.6. The summed E-state index contributed by atoms with van der Waals surface area (Å²) in [5.74, 6) is -0.894. The molecule has 0 aliphatic heterocycles. The first-order valence-corrected chi connectivity index (χ1v) is 29.2. The third kappa shape index (κ3) is 54.2. The average Bonchev–Trinajstić information content (AvgIpc) is 3.33. The lowest BCUT2D eigenvalue weighted by Gasteiger charge is -2.18. The van der Waals surface area contributed by atoms with Gasteiger partial charge in [-0.05, 0) is 64.2 Å². The van der Waals surface area contributed by atoms with Crippen molar-refractivity contribution >= 4 is 17.9 Å². The lowest BCUT2D eigenvalue weighted by molar-refractivity contribution is -0.167. The van der Waals surface area contributed by atoms with Crippen LogP contribution < -0.4 is 0 Å². The lowest BCUT2D eigenvalue weighted by Crippen LogP contribution is -2.30. The van der Waals surface area contributed by atoms with Gasteiger partial charge in [0.25, 0.3) is 0 Å². The number of carbonyl (C=O) groups is 3. The summed E-state index contributed by atoms with van der Waals surface area (Å²) in [6.45, 7) is 6.52. The molecule has 67 heavy (non-hydrogen) atoms. The Morgan fingerprint density at radius 1 is 0.313 bits per heavy atom. The highest BCUT2D eigenvalue weighted by atomic mass is 16.6. The van der Waals surface area contributed by atoms with Crippen LogP contribution in [0.2, 0.25) is 0 Å². The first-order valence-electron chi connectivity index (χ1n) is 29.2. The molecule has 0 fully saturated rings. The molecular weight excluding hydrogens is 829 g/mol. The van der Waals surface area contributed by atoms with Gasteiger partial charge in [-0.25, -0.2) is 0 Å². The van der Waals surface area contributed by atoms with Crippen LogP contribution in [0.3, 0.4) is 0 Å². The lowest BCUT2D eigenvalue weighted by atomic mass is 10.0. The van der Waals surface area contributed by atoms with Gasteiger partial charge in [-0.1, -0.05) is 268 Å². The highest BCUT2D eigenvalue weighted by Gasteiger charge is 2.19. The fraction of sp³-hybridized carbons (Fsp3) is 0.820. The maximum absolute atomic E-state index is 12.9. The van der Waals surface area contributed by atoms with E-state index in [9.17, 15) is 14.4 Å². The van der Waals surface area contributed by atoms with Gasteiger partial charge in [0.2, 0.25) is 0 Å². The van der Waals surface area contributed by atoms with E-state index in [0.29, 0.717) is 19.3 Å². The van der Waals surface area contributed by atoms with Gasteiger partial charge < -0.3 is 14.2 Å². The first kappa shape index (κ1) is 64.4. The molecule has 6 nitrogen and oxygen atoms in total. The minimum atomic E-state index is -0.783. The molecule has 0 N–H and O–H groups in total. The van der Waals surface area contributed by atoms with Crippen LogP contribution in [-0.4, -0.2) is 37.2 Å². The van der Waals surface area contributed by atoms with E-state index in [4.69, 9.17) is 14.2 Å². The van der Waals surface area contributed by atoms with Crippen LogP contribution in [0.25, 0.3) is 0 Å². The Labute approximate surface area is 416 Å². The summed E-state index contributed by atoms with van der Waals surface area (Å²) in [4.78, 5) is 38.1. The van der Waals surface area contributed by atoms with Crippen LogP contribution in [0.15, 0.2) is 48.6 Å². The van der Waals surface area contributed by atoms with Crippen molar-refractivity contribution in [3.05, 3.63) is 48.6 Å². The predicted octanol–water partition coefficient (Wildman–Crippen LogP) is 19.4. The van der Waals surface area contributed by atoms with Crippen molar-refractivity contribution in [1.29, 1.82) is 0 Å². The predicted molar refractivity (Wildman–Crippen MR) is 289 cm³/mol. The van der Waals surface area contributed by atoms with Gasteiger partial charge in [-0.3, -0.25) is 14.4 Å². The van der Waals surface area contributed by atoms with Crippen molar-refractivity contribution in [2.45, 2.75) is 309 Å². The van der Waals surface area contributed by atoms with E-state index in [2.05, 4.69) is 69.4 Å². The largest absolute Gasteiger partial charge is 0.462 e. The number of hydrogen-bond acceptors (Lipinski definition) is 6. The average molecular weight is 940 g/mol. The minimum Gasteiger partial charge on any atom is -0.462 e. The Morgan fingerprint density at radius 3 is 0.940 bits per heavy atom. The Hall–Kier alpha value is -2.63. The first-order chi connectivity index (χ1) is 33.0. The van der Waals surface area contributed by atoms with E-state index in [1.165, 1.54) is 173 Å². The number of allylic oxidation sites excluding steroid dienone is 8. The quantitative estimate of drug-likeness (QED) is 0.0199. The van der Waals surface area contributed by atoms with Crippen LogP contribution in [-0.2, 0) is 28.6 Å². The minimum absolute atomic E-state index is 0.0813. The number of carbonyl (C=O) groups excluding carboxylic acids is 3. The summed E-state index contributed by atoms with van der Waals surface area (Å²) in [7, 11) is 0. The molecule has 0 bridgehead atoms. The molecule has 0 saturated heterocycles. The van der Waals surface area contributed by atoms with Crippen molar-refractivity contribution in [2.24, 2.45) is 0 Å². The summed E-state index contributed by atoms with van der Waals surface area (Å²) in [6.07, 6.45) is 68.2. The molecule has 6 heteroatoms. The SMILES string of the molecule is CC/C=C/C=C/C=C/CCCCCCCC(=O)OCC(COC(=O)CCCCCCC/C=C/CCCCCCCCCCC)OC(=O)CCCCCCCCCCCCCCCCCCCC. The van der Waals surface area contributed by atoms with Gasteiger partial charge in [0.05, 0.1) is 0 Å². The second kappa shape index (κ2) is 56.0. The second-order valence-corrected chi connectivity index (χ2v) is 19.6. The molecule has 1 atom stereocenters. The van der Waals surface area contributed by atoms with Crippen molar-refractivity contribution in [3.63, 3.8) is 0 Å². The number of esters is 3. The third-order valence-electron chi connectivity index (χ3n) is 12.9. The smallest absolute Gasteiger partial charge is 0.306 e. The summed E-state index contributed by atoms with van der Waals surface area (Å²) in [5, 5.41) is 0. The zero-order chi connectivity index (χ0) is 48.6. The van der Waals surface area contributed by atoms with E-state index in [1.54, 1.807) is 0 Å². The molecule has 0 radical (unpaired) electrons. The molecule has 0 amide bonds. The standard InChI is InChI=1S/C61H110O6/c1-4-7-10-13-16-19-22-25-27-29-31-33-36-39-42-45-48-51-54-60(63)66-57-58(56-65-59(62)53-50-47-44-41-38-35-24-21-18-15-12-9-6-3)67-61(64)55-52-49-46-43-40-37-34-32-30-28-26-23-20-17-14-11-8-5-2/h9,12,15,18,21,24,31,33,58H,4-8,10-11,13-14,16-17,19-20,22-23,25-30,32,34-57H2,1-3H3/b12-9+,18-15+,24-21+,33-31+. The van der Waals surface area contributed by atoms with Gasteiger partial charge in [-0.15, -0.1) is 0 Å². The van der Waals surface area contributed by atoms with Crippen LogP contribution in [0.5, 0.6) is 0 Å². The molecule has 0 aromatic carbocycles. The highest BCUT2D eigenvalue weighted by molar-refractivity contribution is 5.71. The summed E-state index contributed by atoms with van der Waals surface area (Å²) < 4.78 is 16.9. The third-order valence-corrected chi connectivity index (χ3v) is 12.9. The zero-order valence-electron chi connectivity index (χ0n) is 44.7. The van der Waals surface area contributed by atoms with Crippen LogP contribution >= 0.6 is 0 Å². The Kier molecular flexibility index (Phi) is 53.8. The van der Waals surface area contributed by atoms with E-state index in [1.807, 2.05) is 0 Å².